The van der Waals surface area contributed by atoms with E-state index >= 15 is 0 Å². The van der Waals surface area contributed by atoms with Crippen molar-refractivity contribution in [3.05, 3.63) is 35.4 Å². The fourth-order valence-electron chi connectivity index (χ4n) is 2.98. The number of aliphatic hydroxyl groups excluding tert-OH is 1. The number of rotatable bonds is 6. The second-order valence-electron chi connectivity index (χ2n) is 6.81. The van der Waals surface area contributed by atoms with Crippen molar-refractivity contribution < 1.29 is 9.90 Å². The highest BCUT2D eigenvalue weighted by atomic mass is 16.3. The van der Waals surface area contributed by atoms with E-state index in [0.29, 0.717) is 5.92 Å². The molecule has 1 fully saturated rings. The van der Waals surface area contributed by atoms with Crippen molar-refractivity contribution >= 4 is 5.91 Å². The van der Waals surface area contributed by atoms with E-state index < -0.39 is 6.10 Å². The van der Waals surface area contributed by atoms with Gasteiger partial charge < -0.3 is 15.3 Å². The SMILES string of the molecule is Cc1ccc(C(O)CNC(=O)C2CCN(CC(C)C)C2)cc1. The lowest BCUT2D eigenvalue weighted by Gasteiger charge is -2.18. The maximum Gasteiger partial charge on any atom is 0.224 e. The van der Waals surface area contributed by atoms with Crippen molar-refractivity contribution in [3.63, 3.8) is 0 Å². The summed E-state index contributed by atoms with van der Waals surface area (Å²) in [6, 6.07) is 7.76. The van der Waals surface area contributed by atoms with Crippen LogP contribution in [0.2, 0.25) is 0 Å². The molecule has 122 valence electrons. The number of nitrogens with zero attached hydrogens (tertiary/aromatic N) is 1. The third-order valence-electron chi connectivity index (χ3n) is 4.20. The molecule has 2 atom stereocenters. The highest BCUT2D eigenvalue weighted by Crippen LogP contribution is 2.18. The molecule has 0 radical (unpaired) electrons. The van der Waals surface area contributed by atoms with Crippen LogP contribution in [-0.4, -0.2) is 42.1 Å². The molecule has 1 heterocycles. The zero-order valence-electron chi connectivity index (χ0n) is 13.9. The molecule has 2 unspecified atom stereocenters. The minimum absolute atomic E-state index is 0.0592. The molecule has 0 aliphatic carbocycles. The summed E-state index contributed by atoms with van der Waals surface area (Å²) in [7, 11) is 0. The quantitative estimate of drug-likeness (QED) is 0.846. The van der Waals surface area contributed by atoms with Gasteiger partial charge in [-0.15, -0.1) is 0 Å². The van der Waals surface area contributed by atoms with Crippen LogP contribution in [0.15, 0.2) is 24.3 Å². The average Bonchev–Trinajstić information content (AvgIpc) is 2.93. The molecule has 1 aromatic rings. The number of aliphatic hydroxyl groups is 1. The normalized spacial score (nSPS) is 20.3. The Hall–Kier alpha value is -1.39. The Bertz CT molecular complexity index is 484. The molecule has 1 amide bonds. The van der Waals surface area contributed by atoms with E-state index in [4.69, 9.17) is 0 Å². The predicted molar refractivity (Wildman–Crippen MR) is 88.5 cm³/mol. The van der Waals surface area contributed by atoms with Gasteiger partial charge in [0.05, 0.1) is 12.0 Å². The summed E-state index contributed by atoms with van der Waals surface area (Å²) in [5.74, 6) is 0.756. The molecular weight excluding hydrogens is 276 g/mol. The lowest BCUT2D eigenvalue weighted by atomic mass is 10.1. The summed E-state index contributed by atoms with van der Waals surface area (Å²) in [5, 5.41) is 13.0. The minimum Gasteiger partial charge on any atom is -0.387 e. The molecule has 4 nitrogen and oxygen atoms in total. The van der Waals surface area contributed by atoms with Crippen LogP contribution >= 0.6 is 0 Å². The maximum absolute atomic E-state index is 12.2. The van der Waals surface area contributed by atoms with Crippen molar-refractivity contribution in [2.45, 2.75) is 33.3 Å². The zero-order chi connectivity index (χ0) is 16.1. The van der Waals surface area contributed by atoms with E-state index in [9.17, 15) is 9.90 Å². The molecule has 1 aliphatic heterocycles. The minimum atomic E-state index is -0.641. The van der Waals surface area contributed by atoms with Gasteiger partial charge in [0.1, 0.15) is 0 Å². The van der Waals surface area contributed by atoms with Crippen LogP contribution in [0.4, 0.5) is 0 Å². The first-order valence-electron chi connectivity index (χ1n) is 8.20. The highest BCUT2D eigenvalue weighted by molar-refractivity contribution is 5.79. The molecule has 0 saturated carbocycles. The van der Waals surface area contributed by atoms with Crippen LogP contribution in [0, 0.1) is 18.8 Å². The molecule has 2 rings (SSSR count). The fraction of sp³-hybridized carbons (Fsp3) is 0.611. The van der Waals surface area contributed by atoms with Crippen LogP contribution in [0.1, 0.15) is 37.5 Å². The van der Waals surface area contributed by atoms with Crippen LogP contribution in [-0.2, 0) is 4.79 Å². The Labute approximate surface area is 133 Å². The summed E-state index contributed by atoms with van der Waals surface area (Å²) in [4.78, 5) is 14.6. The van der Waals surface area contributed by atoms with Gasteiger partial charge in [-0.3, -0.25) is 4.79 Å². The third kappa shape index (κ3) is 4.82. The standard InChI is InChI=1S/C18H28N2O2/c1-13(2)11-20-9-8-16(12-20)18(22)19-10-17(21)15-6-4-14(3)5-7-15/h4-7,13,16-17,21H,8-12H2,1-3H3,(H,19,22). The number of benzene rings is 1. The molecule has 0 bridgehead atoms. The van der Waals surface area contributed by atoms with E-state index in [0.717, 1.165) is 37.2 Å². The molecular formula is C18H28N2O2. The Balaban J connectivity index is 1.77. The van der Waals surface area contributed by atoms with Gasteiger partial charge in [0.25, 0.3) is 0 Å². The average molecular weight is 304 g/mol. The Morgan fingerprint density at radius 3 is 2.68 bits per heavy atom. The molecule has 1 saturated heterocycles. The van der Waals surface area contributed by atoms with E-state index in [1.54, 1.807) is 0 Å². The zero-order valence-corrected chi connectivity index (χ0v) is 13.9. The van der Waals surface area contributed by atoms with Crippen molar-refractivity contribution in [2.75, 3.05) is 26.2 Å². The summed E-state index contributed by atoms with van der Waals surface area (Å²) in [6.45, 7) is 9.58. The highest BCUT2D eigenvalue weighted by Gasteiger charge is 2.28. The van der Waals surface area contributed by atoms with E-state index in [1.807, 2.05) is 31.2 Å². The number of nitrogens with one attached hydrogen (secondary N) is 1. The second kappa shape index (κ2) is 7.75. The Kier molecular flexibility index (Phi) is 5.98. The summed E-state index contributed by atoms with van der Waals surface area (Å²) >= 11 is 0. The first kappa shape index (κ1) is 17.0. The van der Waals surface area contributed by atoms with Gasteiger partial charge in [-0.25, -0.2) is 0 Å². The Morgan fingerprint density at radius 1 is 1.36 bits per heavy atom. The molecule has 1 aromatic carbocycles. The van der Waals surface area contributed by atoms with Gasteiger partial charge in [-0.05, 0) is 31.4 Å². The molecule has 0 spiro atoms. The topological polar surface area (TPSA) is 52.6 Å². The summed E-state index contributed by atoms with van der Waals surface area (Å²) in [5.41, 5.74) is 2.01. The van der Waals surface area contributed by atoms with Crippen molar-refractivity contribution in [1.82, 2.24) is 10.2 Å². The van der Waals surface area contributed by atoms with Gasteiger partial charge in [0, 0.05) is 19.6 Å². The number of amides is 1. The van der Waals surface area contributed by atoms with Crippen molar-refractivity contribution in [3.8, 4) is 0 Å². The predicted octanol–water partition coefficient (Wildman–Crippen LogP) is 2.12. The van der Waals surface area contributed by atoms with Crippen LogP contribution in [0.25, 0.3) is 0 Å². The number of carbonyl (C=O) groups excluding carboxylic acids is 1. The summed E-state index contributed by atoms with van der Waals surface area (Å²) in [6.07, 6.45) is 0.275. The van der Waals surface area contributed by atoms with Gasteiger partial charge in [0.2, 0.25) is 5.91 Å². The smallest absolute Gasteiger partial charge is 0.224 e. The number of hydrogen-bond acceptors (Lipinski definition) is 3. The molecule has 0 aromatic heterocycles. The maximum atomic E-state index is 12.2. The molecule has 22 heavy (non-hydrogen) atoms. The second-order valence-corrected chi connectivity index (χ2v) is 6.81. The largest absolute Gasteiger partial charge is 0.387 e. The first-order valence-corrected chi connectivity index (χ1v) is 8.20. The van der Waals surface area contributed by atoms with Crippen molar-refractivity contribution in [1.29, 1.82) is 0 Å². The molecule has 2 N–H and O–H groups in total. The van der Waals surface area contributed by atoms with Crippen LogP contribution in [0.5, 0.6) is 0 Å². The lowest BCUT2D eigenvalue weighted by Crippen LogP contribution is -2.35. The summed E-state index contributed by atoms with van der Waals surface area (Å²) < 4.78 is 0. The van der Waals surface area contributed by atoms with Crippen LogP contribution in [0.3, 0.4) is 0 Å². The van der Waals surface area contributed by atoms with Crippen molar-refractivity contribution in [2.24, 2.45) is 11.8 Å². The van der Waals surface area contributed by atoms with Gasteiger partial charge in [-0.2, -0.15) is 0 Å². The van der Waals surface area contributed by atoms with E-state index in [-0.39, 0.29) is 18.4 Å². The molecule has 1 aliphatic rings. The first-order chi connectivity index (χ1) is 10.5. The third-order valence-corrected chi connectivity index (χ3v) is 4.20. The Morgan fingerprint density at radius 2 is 2.05 bits per heavy atom. The number of carbonyl (C=O) groups is 1. The molecule has 4 heteroatoms. The number of hydrogen-bond donors (Lipinski definition) is 2. The van der Waals surface area contributed by atoms with Gasteiger partial charge in [-0.1, -0.05) is 43.7 Å². The fourth-order valence-corrected chi connectivity index (χ4v) is 2.98. The monoisotopic (exact) mass is 304 g/mol. The number of likely N-dealkylation sites (tertiary alicyclic amines) is 1. The van der Waals surface area contributed by atoms with E-state index in [2.05, 4.69) is 24.1 Å². The number of aryl methyl sites for hydroxylation is 1. The van der Waals surface area contributed by atoms with E-state index in [1.165, 1.54) is 0 Å². The van der Waals surface area contributed by atoms with Gasteiger partial charge in [0.15, 0.2) is 0 Å². The lowest BCUT2D eigenvalue weighted by molar-refractivity contribution is -0.125. The van der Waals surface area contributed by atoms with Gasteiger partial charge >= 0.3 is 0 Å². The van der Waals surface area contributed by atoms with Crippen LogP contribution < -0.4 is 5.32 Å².